The van der Waals surface area contributed by atoms with Crippen molar-refractivity contribution in [1.82, 2.24) is 0 Å². The summed E-state index contributed by atoms with van der Waals surface area (Å²) in [5, 5.41) is 0. The van der Waals surface area contributed by atoms with Gasteiger partial charge >= 0.3 is 0 Å². The Kier molecular flexibility index (Phi) is 8.35. The molecule has 0 aliphatic rings. The van der Waals surface area contributed by atoms with E-state index < -0.39 is 0 Å². The molecule has 0 rings (SSSR count). The fourth-order valence-corrected chi connectivity index (χ4v) is 2.31. The number of alkyl halides is 1. The van der Waals surface area contributed by atoms with E-state index in [1.54, 1.807) is 7.11 Å². The molecule has 0 amide bonds. The van der Waals surface area contributed by atoms with E-state index >= 15 is 0 Å². The van der Waals surface area contributed by atoms with Gasteiger partial charge in [0.05, 0.1) is 0 Å². The monoisotopic (exact) mass is 236 g/mol. The molecule has 74 valence electrons. The van der Waals surface area contributed by atoms with E-state index in [1.165, 1.54) is 25.7 Å². The minimum atomic E-state index is 0.703. The standard InChI is InChI=1S/C10H21BrO/c1-9(2)8-10(11)6-4-5-7-12-3/h9-10H,4-8H2,1-3H3. The molecule has 0 spiro atoms. The van der Waals surface area contributed by atoms with E-state index in [-0.39, 0.29) is 0 Å². The molecule has 0 aromatic carbocycles. The second kappa shape index (κ2) is 8.06. The third-order valence-corrected chi connectivity index (χ3v) is 2.67. The van der Waals surface area contributed by atoms with Crippen molar-refractivity contribution < 1.29 is 4.74 Å². The Balaban J connectivity index is 3.14. The van der Waals surface area contributed by atoms with Crippen molar-refractivity contribution in [3.63, 3.8) is 0 Å². The largest absolute Gasteiger partial charge is 0.385 e. The highest BCUT2D eigenvalue weighted by Crippen LogP contribution is 2.18. The predicted molar refractivity (Wildman–Crippen MR) is 57.9 cm³/mol. The van der Waals surface area contributed by atoms with Crippen LogP contribution in [0.3, 0.4) is 0 Å². The smallest absolute Gasteiger partial charge is 0.0462 e. The Labute approximate surface area is 85.0 Å². The maximum atomic E-state index is 4.99. The van der Waals surface area contributed by atoms with E-state index in [4.69, 9.17) is 4.74 Å². The maximum absolute atomic E-state index is 4.99. The second-order valence-electron chi connectivity index (χ2n) is 3.72. The maximum Gasteiger partial charge on any atom is 0.0462 e. The van der Waals surface area contributed by atoms with Crippen LogP contribution in [0.2, 0.25) is 0 Å². The van der Waals surface area contributed by atoms with Crippen LogP contribution in [0.4, 0.5) is 0 Å². The molecule has 0 saturated heterocycles. The third-order valence-electron chi connectivity index (χ3n) is 1.84. The van der Waals surface area contributed by atoms with Crippen molar-refractivity contribution in [2.75, 3.05) is 13.7 Å². The zero-order valence-electron chi connectivity index (χ0n) is 8.48. The molecule has 0 bridgehead atoms. The number of rotatable bonds is 7. The van der Waals surface area contributed by atoms with E-state index in [1.807, 2.05) is 0 Å². The molecular formula is C10H21BrO. The van der Waals surface area contributed by atoms with Crippen LogP contribution < -0.4 is 0 Å². The molecule has 0 aromatic rings. The van der Waals surface area contributed by atoms with Crippen molar-refractivity contribution in [3.05, 3.63) is 0 Å². The van der Waals surface area contributed by atoms with Gasteiger partial charge in [-0.25, -0.2) is 0 Å². The van der Waals surface area contributed by atoms with Crippen LogP contribution >= 0.6 is 15.9 Å². The minimum Gasteiger partial charge on any atom is -0.385 e. The average Bonchev–Trinajstić information content (AvgIpc) is 1.97. The first kappa shape index (κ1) is 12.4. The van der Waals surface area contributed by atoms with E-state index in [9.17, 15) is 0 Å². The normalized spacial score (nSPS) is 13.8. The van der Waals surface area contributed by atoms with Gasteiger partial charge in [0.2, 0.25) is 0 Å². The Bertz CT molecular complexity index is 93.8. The quantitative estimate of drug-likeness (QED) is 0.485. The summed E-state index contributed by atoms with van der Waals surface area (Å²) in [6.07, 6.45) is 5.03. The first-order valence-corrected chi connectivity index (χ1v) is 5.71. The lowest BCUT2D eigenvalue weighted by molar-refractivity contribution is 0.192. The van der Waals surface area contributed by atoms with Crippen LogP contribution in [0.1, 0.15) is 39.5 Å². The van der Waals surface area contributed by atoms with Gasteiger partial charge in [0, 0.05) is 18.5 Å². The fourth-order valence-electron chi connectivity index (χ4n) is 1.24. The lowest BCUT2D eigenvalue weighted by Gasteiger charge is -2.11. The SMILES string of the molecule is COCCCCC(Br)CC(C)C. The zero-order chi connectivity index (χ0) is 9.40. The lowest BCUT2D eigenvalue weighted by atomic mass is 10.0. The summed E-state index contributed by atoms with van der Waals surface area (Å²) in [7, 11) is 1.76. The predicted octanol–water partition coefficient (Wildman–Crippen LogP) is 3.61. The summed E-state index contributed by atoms with van der Waals surface area (Å²) in [6.45, 7) is 5.44. The van der Waals surface area contributed by atoms with Crippen LogP contribution in [0.5, 0.6) is 0 Å². The number of halogens is 1. The first-order chi connectivity index (χ1) is 5.66. The third kappa shape index (κ3) is 8.54. The first-order valence-electron chi connectivity index (χ1n) is 4.79. The van der Waals surface area contributed by atoms with Crippen molar-refractivity contribution in [2.24, 2.45) is 5.92 Å². The molecule has 0 heterocycles. The minimum absolute atomic E-state index is 0.703. The highest BCUT2D eigenvalue weighted by molar-refractivity contribution is 9.09. The lowest BCUT2D eigenvalue weighted by Crippen LogP contribution is -2.03. The number of hydrogen-bond acceptors (Lipinski definition) is 1. The Hall–Kier alpha value is 0.440. The molecule has 2 heteroatoms. The molecule has 1 unspecified atom stereocenters. The molecule has 0 radical (unpaired) electrons. The molecule has 0 fully saturated rings. The van der Waals surface area contributed by atoms with Crippen LogP contribution in [0.25, 0.3) is 0 Å². The van der Waals surface area contributed by atoms with Gasteiger partial charge in [-0.3, -0.25) is 0 Å². The van der Waals surface area contributed by atoms with E-state index in [0.29, 0.717) is 4.83 Å². The van der Waals surface area contributed by atoms with Crippen molar-refractivity contribution >= 4 is 15.9 Å². The highest BCUT2D eigenvalue weighted by atomic mass is 79.9. The summed E-state index contributed by atoms with van der Waals surface area (Å²) in [6, 6.07) is 0. The van der Waals surface area contributed by atoms with E-state index in [0.717, 1.165) is 12.5 Å². The van der Waals surface area contributed by atoms with Crippen LogP contribution in [0, 0.1) is 5.92 Å². The molecule has 0 saturated carbocycles. The van der Waals surface area contributed by atoms with Crippen molar-refractivity contribution in [2.45, 2.75) is 44.4 Å². The topological polar surface area (TPSA) is 9.23 Å². The average molecular weight is 237 g/mol. The molecule has 0 aliphatic carbocycles. The van der Waals surface area contributed by atoms with Gasteiger partial charge in [-0.15, -0.1) is 0 Å². The number of unbranched alkanes of at least 4 members (excludes halogenated alkanes) is 1. The summed E-state index contributed by atoms with van der Waals surface area (Å²) >= 11 is 3.69. The van der Waals surface area contributed by atoms with Crippen LogP contribution in [-0.2, 0) is 4.74 Å². The summed E-state index contributed by atoms with van der Waals surface area (Å²) in [5.41, 5.74) is 0. The van der Waals surface area contributed by atoms with Gasteiger partial charge in [0.25, 0.3) is 0 Å². The second-order valence-corrected chi connectivity index (χ2v) is 5.01. The highest BCUT2D eigenvalue weighted by Gasteiger charge is 2.05. The van der Waals surface area contributed by atoms with E-state index in [2.05, 4.69) is 29.8 Å². The van der Waals surface area contributed by atoms with Gasteiger partial charge in [-0.1, -0.05) is 36.2 Å². The summed E-state index contributed by atoms with van der Waals surface area (Å²) < 4.78 is 4.99. The van der Waals surface area contributed by atoms with Crippen molar-refractivity contribution in [3.8, 4) is 0 Å². The van der Waals surface area contributed by atoms with Gasteiger partial charge in [-0.2, -0.15) is 0 Å². The van der Waals surface area contributed by atoms with Crippen molar-refractivity contribution in [1.29, 1.82) is 0 Å². The van der Waals surface area contributed by atoms with Gasteiger partial charge in [0.15, 0.2) is 0 Å². The molecule has 0 N–H and O–H groups in total. The van der Waals surface area contributed by atoms with Gasteiger partial charge in [-0.05, 0) is 25.2 Å². The molecule has 1 nitrogen and oxygen atoms in total. The number of methoxy groups -OCH3 is 1. The summed E-state index contributed by atoms with van der Waals surface area (Å²) in [5.74, 6) is 0.803. The van der Waals surface area contributed by atoms with Gasteiger partial charge in [0.1, 0.15) is 0 Å². The molecule has 12 heavy (non-hydrogen) atoms. The van der Waals surface area contributed by atoms with Crippen LogP contribution in [0.15, 0.2) is 0 Å². The summed E-state index contributed by atoms with van der Waals surface area (Å²) in [4.78, 5) is 0.703. The van der Waals surface area contributed by atoms with Gasteiger partial charge < -0.3 is 4.74 Å². The fraction of sp³-hybridized carbons (Fsp3) is 1.00. The Morgan fingerprint density at radius 2 is 1.92 bits per heavy atom. The molecule has 0 aromatic heterocycles. The number of hydrogen-bond donors (Lipinski definition) is 0. The molecule has 1 atom stereocenters. The number of ether oxygens (including phenoxy) is 1. The van der Waals surface area contributed by atoms with Crippen LogP contribution in [-0.4, -0.2) is 18.5 Å². The molecule has 0 aliphatic heterocycles. The molecular weight excluding hydrogens is 216 g/mol. The Morgan fingerprint density at radius 1 is 1.25 bits per heavy atom. The Morgan fingerprint density at radius 3 is 2.42 bits per heavy atom. The zero-order valence-corrected chi connectivity index (χ0v) is 10.1.